The van der Waals surface area contributed by atoms with Gasteiger partial charge in [0.2, 0.25) is 35.4 Å². The van der Waals surface area contributed by atoms with E-state index in [4.69, 9.17) is 10.5 Å². The Kier molecular flexibility index (Phi) is 27.0. The quantitative estimate of drug-likeness (QED) is 0.0690. The first-order valence-electron chi connectivity index (χ1n) is 27.3. The summed E-state index contributed by atoms with van der Waals surface area (Å²) in [5.74, 6) is -6.84. The van der Waals surface area contributed by atoms with Crippen molar-refractivity contribution in [3.05, 3.63) is 83.9 Å². The first kappa shape index (κ1) is 67.4. The predicted octanol–water partition coefficient (Wildman–Crippen LogP) is -0.222. The fraction of sp³-hybridized carbons (Fsp3) is 0.554. The van der Waals surface area contributed by atoms with E-state index >= 15 is 0 Å². The molecule has 3 aliphatic heterocycles. The number of nitrogens with zero attached hydrogens (tertiary/aromatic N) is 2. The second kappa shape index (κ2) is 32.5. The van der Waals surface area contributed by atoms with Gasteiger partial charge in [0.25, 0.3) is 5.91 Å². The Morgan fingerprint density at radius 3 is 2.02 bits per heavy atom. The van der Waals surface area contributed by atoms with E-state index in [-0.39, 0.29) is 81.6 Å². The molecule has 25 heteroatoms. The van der Waals surface area contributed by atoms with Crippen LogP contribution in [0, 0.1) is 5.92 Å². The molecule has 0 radical (unpaired) electrons. The Morgan fingerprint density at radius 2 is 1.40 bits per heavy atom. The third-order valence-corrected chi connectivity index (χ3v) is 14.7. The molecule has 0 bridgehead atoms. The molecule has 3 aromatic rings. The summed E-state index contributed by atoms with van der Waals surface area (Å²) in [6, 6.07) is 8.73. The number of benzene rings is 3. The van der Waals surface area contributed by atoms with Crippen LogP contribution < -0.4 is 42.4 Å². The zero-order valence-corrected chi connectivity index (χ0v) is 47.5. The lowest BCUT2D eigenvalue weighted by Gasteiger charge is -2.32. The molecule has 6 rings (SSSR count). The van der Waals surface area contributed by atoms with E-state index in [1.165, 1.54) is 56.9 Å². The molecule has 0 aliphatic carbocycles. The second-order valence-electron chi connectivity index (χ2n) is 20.9. The Bertz CT molecular complexity index is 2530. The Labute approximate surface area is 484 Å². The number of aromatic hydroxyl groups is 1. The van der Waals surface area contributed by atoms with E-state index < -0.39 is 127 Å². The predicted molar refractivity (Wildman–Crippen MR) is 304 cm³/mol. The highest BCUT2D eigenvalue weighted by atomic mass is 35.5. The minimum atomic E-state index is -1.91. The van der Waals surface area contributed by atoms with E-state index in [2.05, 4.69) is 38.8 Å². The number of fused-ring (bicyclic) bond motifs is 2. The highest BCUT2D eigenvalue weighted by Gasteiger charge is 2.48. The van der Waals surface area contributed by atoms with Gasteiger partial charge in [-0.1, -0.05) is 82.3 Å². The maximum absolute atomic E-state index is 14.6. The number of aliphatic hydroxyl groups excluding tert-OH is 5. The molecule has 14 N–H and O–H groups in total. The van der Waals surface area contributed by atoms with Gasteiger partial charge in [-0.15, -0.1) is 24.8 Å². The summed E-state index contributed by atoms with van der Waals surface area (Å²) in [5.41, 5.74) is 8.06. The molecule has 3 heterocycles. The topological polar surface area (TPSA) is 355 Å². The van der Waals surface area contributed by atoms with E-state index in [0.29, 0.717) is 12.2 Å². The molecule has 3 aromatic carbocycles. The van der Waals surface area contributed by atoms with Crippen molar-refractivity contribution in [2.75, 3.05) is 45.9 Å². The molecule has 0 aromatic heterocycles. The summed E-state index contributed by atoms with van der Waals surface area (Å²) in [6.07, 6.45) is -0.254. The molecule has 7 amide bonds. The van der Waals surface area contributed by atoms with Crippen LogP contribution in [0.4, 0.5) is 0 Å². The van der Waals surface area contributed by atoms with Crippen molar-refractivity contribution >= 4 is 66.2 Å². The Morgan fingerprint density at radius 1 is 0.765 bits per heavy atom. The maximum atomic E-state index is 14.6. The van der Waals surface area contributed by atoms with Gasteiger partial charge >= 0.3 is 0 Å². The van der Waals surface area contributed by atoms with Crippen molar-refractivity contribution in [3.8, 4) is 22.6 Å². The zero-order valence-electron chi connectivity index (χ0n) is 45.9. The van der Waals surface area contributed by atoms with Gasteiger partial charge < -0.3 is 82.8 Å². The number of unbranched alkanes of at least 4 members (excludes halogenated alkanes) is 5. The van der Waals surface area contributed by atoms with Crippen LogP contribution in [-0.2, 0) is 35.2 Å². The SMILES string of the molecule is CCCCCCCCOc1ccc(-c2ccc(C(=O)N[C@H]3CC(NCCN)CNC(=O)[C@@H]4[C@@H](O)[C@@H](C)CN4C(=O)[C@H](CO)NC(=O)[C@H]([C@H](O)Cc4ccc(O)cc4)NC(=O)[C@@H]4C[C@@H](O)CN4C(=O)[C@H]([C@@H](C)O)NC3=O)cc2)cc1.Cl.Cl. The second-order valence-corrected chi connectivity index (χ2v) is 20.9. The molecule has 12 atom stereocenters. The van der Waals surface area contributed by atoms with Crippen molar-refractivity contribution in [2.45, 2.75) is 145 Å². The van der Waals surface area contributed by atoms with Gasteiger partial charge in [0.1, 0.15) is 47.8 Å². The number of hydrogen-bond donors (Lipinski definition) is 13. The lowest BCUT2D eigenvalue weighted by molar-refractivity contribution is -0.146. The number of carbonyl (C=O) groups is 7. The third-order valence-electron chi connectivity index (χ3n) is 14.7. The molecule has 23 nitrogen and oxygen atoms in total. The number of carbonyl (C=O) groups excluding carboxylic acids is 7. The third kappa shape index (κ3) is 18.4. The minimum absolute atomic E-state index is 0. The number of ether oxygens (including phenoxy) is 1. The molecule has 1 unspecified atom stereocenters. The number of halogens is 2. The largest absolute Gasteiger partial charge is 0.508 e. The van der Waals surface area contributed by atoms with Crippen LogP contribution in [0.2, 0.25) is 0 Å². The van der Waals surface area contributed by atoms with Gasteiger partial charge in [-0.3, -0.25) is 33.6 Å². The van der Waals surface area contributed by atoms with Gasteiger partial charge in [0.05, 0.1) is 37.6 Å². The monoisotopic (exact) mass is 1170 g/mol. The molecule has 3 fully saturated rings. The number of phenols is 1. The van der Waals surface area contributed by atoms with E-state index in [9.17, 15) is 64.2 Å². The molecule has 81 heavy (non-hydrogen) atoms. The van der Waals surface area contributed by atoms with Gasteiger partial charge in [-0.2, -0.15) is 0 Å². The highest BCUT2D eigenvalue weighted by molar-refractivity contribution is 6.00. The van der Waals surface area contributed by atoms with E-state index in [1.54, 1.807) is 31.2 Å². The normalized spacial score (nSPS) is 25.7. The maximum Gasteiger partial charge on any atom is 0.251 e. The molecule has 0 spiro atoms. The minimum Gasteiger partial charge on any atom is -0.508 e. The summed E-state index contributed by atoms with van der Waals surface area (Å²) >= 11 is 0. The van der Waals surface area contributed by atoms with Crippen LogP contribution in [-0.4, -0.2) is 194 Å². The summed E-state index contributed by atoms with van der Waals surface area (Å²) in [4.78, 5) is 102. The lowest BCUT2D eigenvalue weighted by Crippen LogP contribution is -2.63. The fourth-order valence-corrected chi connectivity index (χ4v) is 10.1. The van der Waals surface area contributed by atoms with E-state index in [0.717, 1.165) is 39.5 Å². The van der Waals surface area contributed by atoms with Crippen molar-refractivity contribution in [1.29, 1.82) is 0 Å². The van der Waals surface area contributed by atoms with Gasteiger partial charge in [0.15, 0.2) is 0 Å². The van der Waals surface area contributed by atoms with E-state index in [1.807, 2.05) is 24.3 Å². The zero-order chi connectivity index (χ0) is 57.3. The van der Waals surface area contributed by atoms with Crippen molar-refractivity contribution in [1.82, 2.24) is 41.7 Å². The first-order chi connectivity index (χ1) is 37.8. The van der Waals surface area contributed by atoms with Gasteiger partial charge in [0, 0.05) is 63.1 Å². The van der Waals surface area contributed by atoms with Crippen molar-refractivity contribution in [2.24, 2.45) is 11.7 Å². The number of nitrogens with one attached hydrogen (secondary N) is 6. The smallest absolute Gasteiger partial charge is 0.251 e. The summed E-state index contributed by atoms with van der Waals surface area (Å²) < 4.78 is 5.94. The Balaban J connectivity index is 0.00000706. The van der Waals surface area contributed by atoms with Crippen LogP contribution in [0.1, 0.15) is 88.1 Å². The van der Waals surface area contributed by atoms with Gasteiger partial charge in [-0.25, -0.2) is 0 Å². The van der Waals surface area contributed by atoms with Crippen LogP contribution >= 0.6 is 24.8 Å². The van der Waals surface area contributed by atoms with Crippen LogP contribution in [0.5, 0.6) is 11.5 Å². The fourth-order valence-electron chi connectivity index (χ4n) is 10.1. The Hall–Kier alpha value is -6.15. The number of nitrogens with two attached hydrogens (primary N) is 1. The van der Waals surface area contributed by atoms with Gasteiger partial charge in [-0.05, 0) is 72.9 Å². The standard InChI is InChI=1S/C56H79N9O14.2ClH/c1-4-5-6-7-8-9-24-79-41-20-16-36(17-21-41)35-12-14-37(15-13-35)50(72)60-42-26-38(58-23-22-57)28-59-54(76)48-49(71)32(2)29-65(48)55(77)43(31-66)61-53(75)47(45(70)25-34-10-18-39(68)19-11-34)63-52(74)44-27-40(69)30-64(44)56(78)46(33(3)67)62-51(42)73;;/h10-21,32-33,38,40,42-49,58,66-71H,4-9,22-31,57H2,1-3H3,(H,59,76)(H,60,72)(H,61,75)(H,62,73)(H,63,74);2*1H/t32-,33+,38?,40+,42-,43-,44-,45+,46-,47-,48-,49-;;/m0../s1. The number of hydrogen-bond acceptors (Lipinski definition) is 16. The molecule has 3 aliphatic rings. The molecule has 0 saturated carbocycles. The molecular weight excluding hydrogens is 1090 g/mol. The first-order valence-corrected chi connectivity index (χ1v) is 27.3. The molecular formula is C56H81Cl2N9O14. The van der Waals surface area contributed by atoms with Crippen LogP contribution in [0.15, 0.2) is 72.8 Å². The number of aliphatic hydroxyl groups is 5. The summed E-state index contributed by atoms with van der Waals surface area (Å²) in [5, 5.41) is 81.4. The average Bonchev–Trinajstić information content (AvgIpc) is 4.05. The number of phenolic OH excluding ortho intramolecular Hbond substituents is 1. The van der Waals surface area contributed by atoms with Crippen molar-refractivity contribution in [3.63, 3.8) is 0 Å². The molecule has 3 saturated heterocycles. The van der Waals surface area contributed by atoms with Crippen LogP contribution in [0.25, 0.3) is 11.1 Å². The molecule has 448 valence electrons. The van der Waals surface area contributed by atoms with Crippen molar-refractivity contribution < 1.29 is 68.9 Å². The highest BCUT2D eigenvalue weighted by Crippen LogP contribution is 2.27. The van der Waals surface area contributed by atoms with Crippen LogP contribution in [0.3, 0.4) is 0 Å². The average molecular weight is 1180 g/mol. The number of rotatable bonds is 19. The summed E-state index contributed by atoms with van der Waals surface area (Å²) in [7, 11) is 0. The lowest BCUT2D eigenvalue weighted by atomic mass is 10.00. The number of amides is 7. The summed E-state index contributed by atoms with van der Waals surface area (Å²) in [6.45, 7) is 3.85.